The molecule has 0 saturated heterocycles. The first-order valence-corrected chi connectivity index (χ1v) is 6.17. The summed E-state index contributed by atoms with van der Waals surface area (Å²) in [4.78, 5) is 4.52. The van der Waals surface area contributed by atoms with E-state index in [1.54, 1.807) is 13.3 Å². The number of nitrogens with zero attached hydrogens (tertiary/aromatic N) is 1. The van der Waals surface area contributed by atoms with Crippen molar-refractivity contribution >= 4 is 22.9 Å². The summed E-state index contributed by atoms with van der Waals surface area (Å²) >= 11 is 4.99. The van der Waals surface area contributed by atoms with Crippen molar-refractivity contribution in [3.05, 3.63) is 24.0 Å². The lowest BCUT2D eigenvalue weighted by atomic mass is 10.2. The Morgan fingerprint density at radius 1 is 1.59 bits per heavy atom. The molecule has 0 aliphatic heterocycles. The van der Waals surface area contributed by atoms with Crippen LogP contribution in [-0.2, 0) is 4.74 Å². The van der Waals surface area contributed by atoms with Gasteiger partial charge in [-0.15, -0.1) is 0 Å². The molecule has 17 heavy (non-hydrogen) atoms. The third-order valence-electron chi connectivity index (χ3n) is 3.14. The van der Waals surface area contributed by atoms with Crippen LogP contribution in [0.15, 0.2) is 18.3 Å². The quantitative estimate of drug-likeness (QED) is 0.798. The fraction of sp³-hybridized carbons (Fsp3) is 0.500. The lowest BCUT2D eigenvalue weighted by molar-refractivity contribution is 0.101. The molecule has 0 bridgehead atoms. The molecule has 3 N–H and O–H groups in total. The lowest BCUT2D eigenvalue weighted by Crippen LogP contribution is -2.31. The molecular weight excluding hydrogens is 234 g/mol. The van der Waals surface area contributed by atoms with Crippen molar-refractivity contribution < 1.29 is 4.74 Å². The molecular formula is C12H17N3OS. The van der Waals surface area contributed by atoms with Crippen molar-refractivity contribution in [2.45, 2.75) is 31.4 Å². The Morgan fingerprint density at radius 3 is 3.12 bits per heavy atom. The van der Waals surface area contributed by atoms with E-state index in [9.17, 15) is 0 Å². The van der Waals surface area contributed by atoms with E-state index in [-0.39, 0.29) is 6.10 Å². The molecule has 0 radical (unpaired) electrons. The van der Waals surface area contributed by atoms with Gasteiger partial charge in [-0.05, 0) is 31.4 Å². The maximum absolute atomic E-state index is 5.65. The molecule has 4 nitrogen and oxygen atoms in total. The van der Waals surface area contributed by atoms with Crippen LogP contribution in [0.25, 0.3) is 0 Å². The molecule has 0 aromatic carbocycles. The predicted molar refractivity (Wildman–Crippen MR) is 72.2 cm³/mol. The van der Waals surface area contributed by atoms with Crippen LogP contribution in [0.3, 0.4) is 0 Å². The van der Waals surface area contributed by atoms with E-state index in [0.717, 1.165) is 18.5 Å². The van der Waals surface area contributed by atoms with Gasteiger partial charge in [-0.2, -0.15) is 0 Å². The van der Waals surface area contributed by atoms with Gasteiger partial charge in [0, 0.05) is 13.3 Å². The first-order valence-electron chi connectivity index (χ1n) is 5.76. The standard InChI is InChI=1S/C12H17N3OS/c1-16-10-6-2-4-8(10)15-9-5-3-7-14-11(9)12(13)17/h3,5,7-8,10,15H,2,4,6H2,1H3,(H2,13,17). The molecule has 1 aliphatic rings. The molecule has 1 saturated carbocycles. The van der Waals surface area contributed by atoms with Crippen LogP contribution in [0, 0.1) is 0 Å². The Kier molecular flexibility index (Phi) is 3.91. The monoisotopic (exact) mass is 251 g/mol. The van der Waals surface area contributed by atoms with Gasteiger partial charge in [0.2, 0.25) is 0 Å². The number of aromatic nitrogens is 1. The zero-order chi connectivity index (χ0) is 12.3. The second-order valence-corrected chi connectivity index (χ2v) is 4.66. The van der Waals surface area contributed by atoms with Crippen LogP contribution in [0.4, 0.5) is 5.69 Å². The maximum atomic E-state index is 5.65. The van der Waals surface area contributed by atoms with E-state index in [0.29, 0.717) is 16.7 Å². The number of methoxy groups -OCH3 is 1. The number of hydrogen-bond donors (Lipinski definition) is 2. The van der Waals surface area contributed by atoms with Crippen LogP contribution in [-0.4, -0.2) is 29.2 Å². The Balaban J connectivity index is 2.15. The Morgan fingerprint density at radius 2 is 2.41 bits per heavy atom. The van der Waals surface area contributed by atoms with Gasteiger partial charge in [0.15, 0.2) is 0 Å². The highest BCUT2D eigenvalue weighted by atomic mass is 32.1. The van der Waals surface area contributed by atoms with Crippen LogP contribution < -0.4 is 11.1 Å². The van der Waals surface area contributed by atoms with E-state index in [4.69, 9.17) is 22.7 Å². The highest BCUT2D eigenvalue weighted by Crippen LogP contribution is 2.26. The topological polar surface area (TPSA) is 60.2 Å². The van der Waals surface area contributed by atoms with Gasteiger partial charge >= 0.3 is 0 Å². The molecule has 1 aromatic rings. The zero-order valence-electron chi connectivity index (χ0n) is 9.85. The second-order valence-electron chi connectivity index (χ2n) is 4.22. The maximum Gasteiger partial charge on any atom is 0.124 e. The molecule has 1 aromatic heterocycles. The summed E-state index contributed by atoms with van der Waals surface area (Å²) in [5.41, 5.74) is 7.21. The smallest absolute Gasteiger partial charge is 0.124 e. The van der Waals surface area contributed by atoms with Gasteiger partial charge in [0.05, 0.1) is 17.8 Å². The number of ether oxygens (including phenoxy) is 1. The summed E-state index contributed by atoms with van der Waals surface area (Å²) in [6.07, 6.45) is 5.33. The zero-order valence-corrected chi connectivity index (χ0v) is 10.7. The van der Waals surface area contributed by atoms with Gasteiger partial charge in [-0.3, -0.25) is 4.98 Å². The molecule has 5 heteroatoms. The van der Waals surface area contributed by atoms with Crippen molar-refractivity contribution in [2.75, 3.05) is 12.4 Å². The van der Waals surface area contributed by atoms with E-state index in [1.165, 1.54) is 6.42 Å². The van der Waals surface area contributed by atoms with Crippen molar-refractivity contribution in [2.24, 2.45) is 5.73 Å². The molecule has 1 heterocycles. The summed E-state index contributed by atoms with van der Waals surface area (Å²) in [6.45, 7) is 0. The Labute approximate surface area is 107 Å². The first-order chi connectivity index (χ1) is 8.22. The SMILES string of the molecule is COC1CCCC1Nc1cccnc1C(N)=S. The molecule has 0 amide bonds. The van der Waals surface area contributed by atoms with Gasteiger partial charge < -0.3 is 15.8 Å². The molecule has 2 rings (SSSR count). The summed E-state index contributed by atoms with van der Waals surface area (Å²) in [5, 5.41) is 3.44. The van der Waals surface area contributed by atoms with Crippen LogP contribution >= 0.6 is 12.2 Å². The van der Waals surface area contributed by atoms with Gasteiger partial charge in [-0.25, -0.2) is 0 Å². The lowest BCUT2D eigenvalue weighted by Gasteiger charge is -2.21. The predicted octanol–water partition coefficient (Wildman–Crippen LogP) is 1.70. The number of anilines is 1. The molecule has 1 fully saturated rings. The largest absolute Gasteiger partial charge is 0.388 e. The Bertz CT molecular complexity index is 410. The highest BCUT2D eigenvalue weighted by molar-refractivity contribution is 7.80. The minimum absolute atomic E-state index is 0.259. The third-order valence-corrected chi connectivity index (χ3v) is 3.33. The fourth-order valence-electron chi connectivity index (χ4n) is 2.29. The number of rotatable bonds is 4. The molecule has 1 aliphatic carbocycles. The van der Waals surface area contributed by atoms with Gasteiger partial charge in [0.1, 0.15) is 10.7 Å². The van der Waals surface area contributed by atoms with Crippen LogP contribution in [0.5, 0.6) is 0 Å². The normalized spacial score (nSPS) is 23.6. The number of pyridine rings is 1. The van der Waals surface area contributed by atoms with Crippen LogP contribution in [0.1, 0.15) is 25.0 Å². The summed E-state index contributed by atoms with van der Waals surface area (Å²) in [5.74, 6) is 0. The molecule has 2 atom stereocenters. The minimum atomic E-state index is 0.259. The fourth-order valence-corrected chi connectivity index (χ4v) is 2.45. The van der Waals surface area contributed by atoms with Crippen molar-refractivity contribution in [3.63, 3.8) is 0 Å². The molecule has 2 unspecified atom stereocenters. The minimum Gasteiger partial charge on any atom is -0.388 e. The highest BCUT2D eigenvalue weighted by Gasteiger charge is 2.27. The number of thiocarbonyl (C=S) groups is 1. The third kappa shape index (κ3) is 2.73. The summed E-state index contributed by atoms with van der Waals surface area (Å²) in [7, 11) is 1.75. The van der Waals surface area contributed by atoms with Gasteiger partial charge in [0.25, 0.3) is 0 Å². The summed E-state index contributed by atoms with van der Waals surface area (Å²) < 4.78 is 5.45. The van der Waals surface area contributed by atoms with E-state index in [1.807, 2.05) is 12.1 Å². The van der Waals surface area contributed by atoms with Crippen molar-refractivity contribution in [1.82, 2.24) is 4.98 Å². The van der Waals surface area contributed by atoms with E-state index >= 15 is 0 Å². The number of nitrogens with one attached hydrogen (secondary N) is 1. The van der Waals surface area contributed by atoms with Gasteiger partial charge in [-0.1, -0.05) is 12.2 Å². The van der Waals surface area contributed by atoms with E-state index < -0.39 is 0 Å². The van der Waals surface area contributed by atoms with Crippen molar-refractivity contribution in [3.8, 4) is 0 Å². The number of hydrogen-bond acceptors (Lipinski definition) is 4. The average Bonchev–Trinajstić information content (AvgIpc) is 2.77. The van der Waals surface area contributed by atoms with E-state index in [2.05, 4.69) is 10.3 Å². The Hall–Kier alpha value is -1.20. The van der Waals surface area contributed by atoms with Crippen LogP contribution in [0.2, 0.25) is 0 Å². The average molecular weight is 251 g/mol. The first kappa shape index (κ1) is 12.3. The van der Waals surface area contributed by atoms with Crippen molar-refractivity contribution in [1.29, 1.82) is 0 Å². The second kappa shape index (κ2) is 5.42. The molecule has 0 spiro atoms. The number of nitrogens with two attached hydrogens (primary N) is 1. The molecule has 92 valence electrons. The summed E-state index contributed by atoms with van der Waals surface area (Å²) in [6, 6.07) is 4.14.